The van der Waals surface area contributed by atoms with E-state index in [2.05, 4.69) is 17.4 Å². The quantitative estimate of drug-likeness (QED) is 0.867. The number of hydrogen-bond acceptors (Lipinski definition) is 3. The fourth-order valence-corrected chi connectivity index (χ4v) is 2.61. The van der Waals surface area contributed by atoms with Gasteiger partial charge in [0.1, 0.15) is 12.4 Å². The fraction of sp³-hybridized carbons (Fsp3) is 0.571. The van der Waals surface area contributed by atoms with Crippen LogP contribution in [-0.4, -0.2) is 26.4 Å². The van der Waals surface area contributed by atoms with Crippen LogP contribution < -0.4 is 10.1 Å². The van der Waals surface area contributed by atoms with Gasteiger partial charge in [0.2, 0.25) is 0 Å². The Labute approximate surface area is 102 Å². The highest BCUT2D eigenvalue weighted by atomic mass is 16.5. The third kappa shape index (κ3) is 2.45. The second-order valence-electron chi connectivity index (χ2n) is 4.89. The van der Waals surface area contributed by atoms with E-state index in [1.165, 1.54) is 18.4 Å². The zero-order chi connectivity index (χ0) is 11.5. The van der Waals surface area contributed by atoms with Crippen molar-refractivity contribution in [1.82, 2.24) is 5.32 Å². The van der Waals surface area contributed by atoms with Crippen LogP contribution in [0.25, 0.3) is 0 Å². The molecule has 1 saturated heterocycles. The SMILES string of the molecule is c1ccc2c(c1)OCC2NCC1CCCOC1. The third-order valence-electron chi connectivity index (χ3n) is 3.61. The number of fused-ring (bicyclic) bond motifs is 1. The highest BCUT2D eigenvalue weighted by molar-refractivity contribution is 5.39. The van der Waals surface area contributed by atoms with Gasteiger partial charge in [0.05, 0.1) is 12.6 Å². The number of ether oxygens (including phenoxy) is 2. The minimum Gasteiger partial charge on any atom is -0.491 e. The lowest BCUT2D eigenvalue weighted by molar-refractivity contribution is 0.0535. The molecule has 92 valence electrons. The van der Waals surface area contributed by atoms with E-state index in [9.17, 15) is 0 Å². The Morgan fingerprint density at radius 3 is 3.06 bits per heavy atom. The maximum Gasteiger partial charge on any atom is 0.124 e. The summed E-state index contributed by atoms with van der Waals surface area (Å²) in [5.74, 6) is 1.70. The molecule has 2 unspecified atom stereocenters. The van der Waals surface area contributed by atoms with Gasteiger partial charge in [-0.2, -0.15) is 0 Å². The summed E-state index contributed by atoms with van der Waals surface area (Å²) < 4.78 is 11.2. The van der Waals surface area contributed by atoms with Crippen LogP contribution in [0.15, 0.2) is 24.3 Å². The second kappa shape index (κ2) is 5.07. The molecule has 2 aliphatic heterocycles. The molecule has 0 amide bonds. The highest BCUT2D eigenvalue weighted by Crippen LogP contribution is 2.31. The average Bonchev–Trinajstić information content (AvgIpc) is 2.81. The van der Waals surface area contributed by atoms with Crippen LogP contribution in [0.3, 0.4) is 0 Å². The van der Waals surface area contributed by atoms with Gasteiger partial charge in [-0.1, -0.05) is 18.2 Å². The van der Waals surface area contributed by atoms with Gasteiger partial charge in [0.25, 0.3) is 0 Å². The van der Waals surface area contributed by atoms with Crippen LogP contribution in [-0.2, 0) is 4.74 Å². The molecule has 0 aromatic heterocycles. The molecule has 1 fully saturated rings. The van der Waals surface area contributed by atoms with Crippen molar-refractivity contribution in [2.24, 2.45) is 5.92 Å². The Bertz CT molecular complexity index is 374. The summed E-state index contributed by atoms with van der Waals surface area (Å²) in [6.45, 7) is 3.63. The normalized spacial score (nSPS) is 27.5. The molecule has 3 heteroatoms. The van der Waals surface area contributed by atoms with Gasteiger partial charge >= 0.3 is 0 Å². The summed E-state index contributed by atoms with van der Waals surface area (Å²) >= 11 is 0. The first kappa shape index (κ1) is 11.1. The van der Waals surface area contributed by atoms with Gasteiger partial charge in [0, 0.05) is 18.7 Å². The van der Waals surface area contributed by atoms with E-state index >= 15 is 0 Å². The molecule has 17 heavy (non-hydrogen) atoms. The molecule has 0 spiro atoms. The molecule has 1 aromatic carbocycles. The molecular weight excluding hydrogens is 214 g/mol. The predicted octanol–water partition coefficient (Wildman–Crippen LogP) is 2.14. The Morgan fingerprint density at radius 2 is 2.18 bits per heavy atom. The molecule has 2 aliphatic rings. The number of benzene rings is 1. The lowest BCUT2D eigenvalue weighted by Gasteiger charge is -2.23. The molecule has 0 bridgehead atoms. The smallest absolute Gasteiger partial charge is 0.124 e. The summed E-state index contributed by atoms with van der Waals surface area (Å²) in [4.78, 5) is 0. The van der Waals surface area contributed by atoms with E-state index in [0.717, 1.165) is 32.1 Å². The van der Waals surface area contributed by atoms with Crippen molar-refractivity contribution in [2.75, 3.05) is 26.4 Å². The van der Waals surface area contributed by atoms with E-state index in [-0.39, 0.29) is 0 Å². The van der Waals surface area contributed by atoms with Crippen molar-refractivity contribution in [3.8, 4) is 5.75 Å². The number of hydrogen-bond donors (Lipinski definition) is 1. The molecule has 1 aromatic rings. The van der Waals surface area contributed by atoms with Crippen LogP contribution in [0.4, 0.5) is 0 Å². The van der Waals surface area contributed by atoms with Crippen molar-refractivity contribution in [3.05, 3.63) is 29.8 Å². The lowest BCUT2D eigenvalue weighted by atomic mass is 10.0. The number of para-hydroxylation sites is 1. The number of rotatable bonds is 3. The molecule has 0 aliphatic carbocycles. The lowest BCUT2D eigenvalue weighted by Crippen LogP contribution is -2.32. The molecule has 2 heterocycles. The van der Waals surface area contributed by atoms with Crippen molar-refractivity contribution < 1.29 is 9.47 Å². The minimum atomic E-state index is 0.355. The monoisotopic (exact) mass is 233 g/mol. The van der Waals surface area contributed by atoms with Crippen LogP contribution in [0.1, 0.15) is 24.4 Å². The Hall–Kier alpha value is -1.06. The fourth-order valence-electron chi connectivity index (χ4n) is 2.61. The Kier molecular flexibility index (Phi) is 3.29. The molecule has 0 radical (unpaired) electrons. The Morgan fingerprint density at radius 1 is 1.24 bits per heavy atom. The zero-order valence-corrected chi connectivity index (χ0v) is 10.0. The van der Waals surface area contributed by atoms with Crippen molar-refractivity contribution in [3.63, 3.8) is 0 Å². The maximum atomic E-state index is 5.66. The van der Waals surface area contributed by atoms with Crippen LogP contribution >= 0.6 is 0 Å². The van der Waals surface area contributed by atoms with E-state index < -0.39 is 0 Å². The molecule has 3 nitrogen and oxygen atoms in total. The van der Waals surface area contributed by atoms with Crippen molar-refractivity contribution >= 4 is 0 Å². The van der Waals surface area contributed by atoms with Gasteiger partial charge < -0.3 is 14.8 Å². The first-order chi connectivity index (χ1) is 8.43. The summed E-state index contributed by atoms with van der Waals surface area (Å²) in [5.41, 5.74) is 1.30. The largest absolute Gasteiger partial charge is 0.491 e. The average molecular weight is 233 g/mol. The van der Waals surface area contributed by atoms with Gasteiger partial charge in [-0.05, 0) is 24.8 Å². The third-order valence-corrected chi connectivity index (χ3v) is 3.61. The van der Waals surface area contributed by atoms with E-state index in [4.69, 9.17) is 9.47 Å². The van der Waals surface area contributed by atoms with Crippen LogP contribution in [0.5, 0.6) is 5.75 Å². The second-order valence-corrected chi connectivity index (χ2v) is 4.89. The first-order valence-electron chi connectivity index (χ1n) is 6.46. The van der Waals surface area contributed by atoms with Gasteiger partial charge in [-0.25, -0.2) is 0 Å². The van der Waals surface area contributed by atoms with E-state index in [0.29, 0.717) is 12.0 Å². The molecule has 0 saturated carbocycles. The predicted molar refractivity (Wildman–Crippen MR) is 66.2 cm³/mol. The van der Waals surface area contributed by atoms with E-state index in [1.807, 2.05) is 12.1 Å². The van der Waals surface area contributed by atoms with E-state index in [1.54, 1.807) is 0 Å². The van der Waals surface area contributed by atoms with Crippen LogP contribution in [0.2, 0.25) is 0 Å². The van der Waals surface area contributed by atoms with Crippen molar-refractivity contribution in [2.45, 2.75) is 18.9 Å². The molecule has 3 rings (SSSR count). The standard InChI is InChI=1S/C14H19NO2/c1-2-6-14-12(5-1)13(10-17-14)15-8-11-4-3-7-16-9-11/h1-2,5-6,11,13,15H,3-4,7-10H2. The summed E-state index contributed by atoms with van der Waals surface area (Å²) in [6, 6.07) is 8.65. The molecular formula is C14H19NO2. The topological polar surface area (TPSA) is 30.5 Å². The van der Waals surface area contributed by atoms with Gasteiger partial charge in [-0.3, -0.25) is 0 Å². The number of nitrogens with one attached hydrogen (secondary N) is 1. The Balaban J connectivity index is 1.56. The summed E-state index contributed by atoms with van der Waals surface area (Å²) in [7, 11) is 0. The molecule has 1 N–H and O–H groups in total. The van der Waals surface area contributed by atoms with Gasteiger partial charge in [0.15, 0.2) is 0 Å². The van der Waals surface area contributed by atoms with Crippen molar-refractivity contribution in [1.29, 1.82) is 0 Å². The summed E-state index contributed by atoms with van der Waals surface area (Å²) in [5, 5.41) is 3.60. The first-order valence-corrected chi connectivity index (χ1v) is 6.46. The minimum absolute atomic E-state index is 0.355. The summed E-state index contributed by atoms with van der Waals surface area (Å²) in [6.07, 6.45) is 2.48. The zero-order valence-electron chi connectivity index (χ0n) is 10.0. The van der Waals surface area contributed by atoms with Crippen LogP contribution in [0, 0.1) is 5.92 Å². The highest BCUT2D eigenvalue weighted by Gasteiger charge is 2.24. The van der Waals surface area contributed by atoms with Gasteiger partial charge in [-0.15, -0.1) is 0 Å². The molecule has 2 atom stereocenters. The maximum absolute atomic E-state index is 5.66.